The number of hydrogen-bond donors (Lipinski definition) is 0. The second-order valence-electron chi connectivity index (χ2n) is 6.99. The van der Waals surface area contributed by atoms with E-state index in [1.165, 1.54) is 5.56 Å². The van der Waals surface area contributed by atoms with Gasteiger partial charge < -0.3 is 9.47 Å². The van der Waals surface area contributed by atoms with Crippen LogP contribution in [0.25, 0.3) is 22.0 Å². The van der Waals surface area contributed by atoms with Crippen molar-refractivity contribution >= 4 is 34.5 Å². The fourth-order valence-corrected chi connectivity index (χ4v) is 4.71. The molecule has 29 heavy (non-hydrogen) atoms. The lowest BCUT2D eigenvalue weighted by Crippen LogP contribution is -2.32. The summed E-state index contributed by atoms with van der Waals surface area (Å²) in [4.78, 5) is 19.7. The van der Waals surface area contributed by atoms with E-state index in [1.807, 2.05) is 75.6 Å². The Morgan fingerprint density at radius 3 is 2.76 bits per heavy atom. The van der Waals surface area contributed by atoms with Crippen LogP contribution in [0.1, 0.15) is 5.56 Å². The number of para-hydroxylation sites is 1. The van der Waals surface area contributed by atoms with Crippen LogP contribution in [-0.4, -0.2) is 22.0 Å². The zero-order valence-corrected chi connectivity index (χ0v) is 17.2. The summed E-state index contributed by atoms with van der Waals surface area (Å²) in [6, 6.07) is 19.8. The van der Waals surface area contributed by atoms with Crippen molar-refractivity contribution in [3.63, 3.8) is 0 Å². The predicted octanol–water partition coefficient (Wildman–Crippen LogP) is 5.52. The molecular formula is C23H18ClN3OS. The molecule has 1 aliphatic heterocycles. The summed E-state index contributed by atoms with van der Waals surface area (Å²) in [5.41, 5.74) is 5.16. The maximum absolute atomic E-state index is 13.0. The van der Waals surface area contributed by atoms with Gasteiger partial charge in [-0.3, -0.25) is 4.79 Å². The smallest absolute Gasteiger partial charge is 0.246 e. The Kier molecular flexibility index (Phi) is 4.70. The predicted molar refractivity (Wildman–Crippen MR) is 118 cm³/mol. The highest BCUT2D eigenvalue weighted by atomic mass is 35.5. The van der Waals surface area contributed by atoms with Gasteiger partial charge in [0.25, 0.3) is 0 Å². The molecule has 3 heterocycles. The van der Waals surface area contributed by atoms with E-state index < -0.39 is 0 Å². The van der Waals surface area contributed by atoms with Crippen LogP contribution < -0.4 is 4.90 Å². The van der Waals surface area contributed by atoms with Crippen molar-refractivity contribution in [2.45, 2.75) is 13.0 Å². The van der Waals surface area contributed by atoms with Crippen LogP contribution in [0.15, 0.2) is 72.2 Å². The zero-order chi connectivity index (χ0) is 19.8. The summed E-state index contributed by atoms with van der Waals surface area (Å²) in [6.07, 6.45) is 2.86. The van der Waals surface area contributed by atoms with Crippen molar-refractivity contribution in [1.29, 1.82) is 0 Å². The minimum absolute atomic E-state index is 0.0990. The molecule has 2 aromatic heterocycles. The highest BCUT2D eigenvalue weighted by Gasteiger charge is 2.24. The molecule has 0 saturated heterocycles. The number of thiazole rings is 1. The van der Waals surface area contributed by atoms with Gasteiger partial charge in [0.05, 0.1) is 11.4 Å². The molecule has 0 aliphatic carbocycles. The van der Waals surface area contributed by atoms with Crippen molar-refractivity contribution in [3.8, 4) is 22.0 Å². The molecule has 0 spiro atoms. The average Bonchev–Trinajstić information content (AvgIpc) is 3.47. The summed E-state index contributed by atoms with van der Waals surface area (Å²) in [5, 5.41) is 3.64. The maximum Gasteiger partial charge on any atom is 0.246 e. The number of nitrogens with zero attached hydrogens (tertiary/aromatic N) is 3. The van der Waals surface area contributed by atoms with E-state index in [0.29, 0.717) is 11.6 Å². The lowest BCUT2D eigenvalue weighted by molar-refractivity contribution is -0.119. The first kappa shape index (κ1) is 18.2. The average molecular weight is 420 g/mol. The molecule has 0 saturated carbocycles. The highest BCUT2D eigenvalue weighted by Crippen LogP contribution is 2.31. The number of amides is 1. The number of carbonyl (C=O) groups is 1. The number of rotatable bonds is 4. The van der Waals surface area contributed by atoms with Crippen LogP contribution in [-0.2, 0) is 17.8 Å². The standard InChI is InChI=1S/C23H18ClN3OS/c24-18-9-7-16(8-10-18)19-15-29-23(25-19)21-6-3-12-26(21)14-22(28)27-13-11-17-4-1-2-5-20(17)27/h1-10,12,15H,11,13-14H2. The monoisotopic (exact) mass is 419 g/mol. The minimum atomic E-state index is 0.0990. The molecule has 0 radical (unpaired) electrons. The highest BCUT2D eigenvalue weighted by molar-refractivity contribution is 7.13. The Hall–Kier alpha value is -2.89. The molecule has 144 valence electrons. The number of halogens is 1. The fraction of sp³-hybridized carbons (Fsp3) is 0.130. The van der Waals surface area contributed by atoms with Gasteiger partial charge in [-0.1, -0.05) is 41.9 Å². The van der Waals surface area contributed by atoms with E-state index in [0.717, 1.165) is 40.6 Å². The van der Waals surface area contributed by atoms with E-state index in [1.54, 1.807) is 11.3 Å². The molecule has 4 nitrogen and oxygen atoms in total. The molecule has 0 fully saturated rings. The van der Waals surface area contributed by atoms with Crippen LogP contribution in [0.2, 0.25) is 5.02 Å². The first-order valence-electron chi connectivity index (χ1n) is 9.44. The number of benzene rings is 2. The van der Waals surface area contributed by atoms with E-state index in [9.17, 15) is 4.79 Å². The molecular weight excluding hydrogens is 402 g/mol. The molecule has 2 aromatic carbocycles. The Morgan fingerprint density at radius 2 is 1.90 bits per heavy atom. The van der Waals surface area contributed by atoms with Crippen molar-refractivity contribution in [1.82, 2.24) is 9.55 Å². The third-order valence-corrected chi connectivity index (χ3v) is 6.30. The quantitative estimate of drug-likeness (QED) is 0.436. The molecule has 1 amide bonds. The molecule has 0 bridgehead atoms. The summed E-state index contributed by atoms with van der Waals surface area (Å²) in [6.45, 7) is 1.04. The van der Waals surface area contributed by atoms with Crippen LogP contribution in [0, 0.1) is 0 Å². The maximum atomic E-state index is 13.0. The Bertz CT molecular complexity index is 1180. The molecule has 0 atom stereocenters. The number of anilines is 1. The topological polar surface area (TPSA) is 38.1 Å². The van der Waals surface area contributed by atoms with Crippen LogP contribution >= 0.6 is 22.9 Å². The molecule has 4 aromatic rings. The van der Waals surface area contributed by atoms with Crippen LogP contribution in [0.4, 0.5) is 5.69 Å². The Balaban J connectivity index is 1.38. The Labute approximate surface area is 178 Å². The fourth-order valence-electron chi connectivity index (χ4n) is 3.72. The van der Waals surface area contributed by atoms with Crippen molar-refractivity contribution in [3.05, 3.63) is 82.8 Å². The van der Waals surface area contributed by atoms with Gasteiger partial charge in [0, 0.05) is 34.4 Å². The lowest BCUT2D eigenvalue weighted by Gasteiger charge is -2.18. The molecule has 0 unspecified atom stereocenters. The molecule has 1 aliphatic rings. The minimum Gasteiger partial charge on any atom is -0.336 e. The lowest BCUT2D eigenvalue weighted by atomic mass is 10.2. The number of carbonyl (C=O) groups excluding carboxylic acids is 1. The summed E-state index contributed by atoms with van der Waals surface area (Å²) in [5.74, 6) is 0.0990. The number of hydrogen-bond acceptors (Lipinski definition) is 3. The van der Waals surface area contributed by atoms with E-state index >= 15 is 0 Å². The summed E-state index contributed by atoms with van der Waals surface area (Å²) in [7, 11) is 0. The van der Waals surface area contributed by atoms with Gasteiger partial charge in [-0.25, -0.2) is 4.98 Å². The van der Waals surface area contributed by atoms with Gasteiger partial charge in [-0.2, -0.15) is 0 Å². The van der Waals surface area contributed by atoms with E-state index in [2.05, 4.69) is 6.07 Å². The van der Waals surface area contributed by atoms with Gasteiger partial charge in [0.2, 0.25) is 5.91 Å². The largest absolute Gasteiger partial charge is 0.336 e. The van der Waals surface area contributed by atoms with E-state index in [-0.39, 0.29) is 5.91 Å². The zero-order valence-electron chi connectivity index (χ0n) is 15.6. The van der Waals surface area contributed by atoms with Gasteiger partial charge >= 0.3 is 0 Å². The van der Waals surface area contributed by atoms with Crippen LogP contribution in [0.5, 0.6) is 0 Å². The summed E-state index contributed by atoms with van der Waals surface area (Å²) < 4.78 is 1.98. The SMILES string of the molecule is O=C(Cn1cccc1-c1nc(-c2ccc(Cl)cc2)cs1)N1CCc2ccccc21. The second kappa shape index (κ2) is 7.50. The first-order valence-corrected chi connectivity index (χ1v) is 10.7. The molecule has 6 heteroatoms. The van der Waals surface area contributed by atoms with Gasteiger partial charge in [-0.05, 0) is 42.3 Å². The van der Waals surface area contributed by atoms with Gasteiger partial charge in [-0.15, -0.1) is 11.3 Å². The van der Waals surface area contributed by atoms with Crippen molar-refractivity contribution in [2.24, 2.45) is 0 Å². The van der Waals surface area contributed by atoms with Crippen LogP contribution in [0.3, 0.4) is 0 Å². The summed E-state index contributed by atoms with van der Waals surface area (Å²) >= 11 is 7.56. The second-order valence-corrected chi connectivity index (χ2v) is 8.28. The normalized spacial score (nSPS) is 12.9. The third-order valence-electron chi connectivity index (χ3n) is 5.19. The van der Waals surface area contributed by atoms with Gasteiger partial charge in [0.15, 0.2) is 0 Å². The van der Waals surface area contributed by atoms with E-state index in [4.69, 9.17) is 16.6 Å². The van der Waals surface area contributed by atoms with Crippen molar-refractivity contribution in [2.75, 3.05) is 11.4 Å². The number of aromatic nitrogens is 2. The first-order chi connectivity index (χ1) is 14.2. The number of fused-ring (bicyclic) bond motifs is 1. The third kappa shape index (κ3) is 3.48. The molecule has 5 rings (SSSR count). The Morgan fingerprint density at radius 1 is 1.07 bits per heavy atom. The molecule has 0 N–H and O–H groups in total. The van der Waals surface area contributed by atoms with Gasteiger partial charge in [0.1, 0.15) is 11.6 Å². The van der Waals surface area contributed by atoms with Crippen molar-refractivity contribution < 1.29 is 4.79 Å².